The van der Waals surface area contributed by atoms with Gasteiger partial charge in [-0.2, -0.15) is 0 Å². The average Bonchev–Trinajstić information content (AvgIpc) is 2.42. The number of rotatable bonds is 7. The van der Waals surface area contributed by atoms with Crippen molar-refractivity contribution >= 4 is 14.1 Å². The molecule has 0 N–H and O–H groups in total. The van der Waals surface area contributed by atoms with Crippen molar-refractivity contribution in [2.75, 3.05) is 13.2 Å². The monoisotopic (exact) mass is 287 g/mol. The second kappa shape index (κ2) is 10.9. The van der Waals surface area contributed by atoms with E-state index in [2.05, 4.69) is 0 Å². The Hall–Kier alpha value is -1.03. The Morgan fingerprint density at radius 2 is 1.58 bits per heavy atom. The lowest BCUT2D eigenvalue weighted by Gasteiger charge is -2.15. The van der Waals surface area contributed by atoms with Crippen molar-refractivity contribution in [1.29, 1.82) is 0 Å². The molecule has 0 aliphatic carbocycles. The van der Waals surface area contributed by atoms with Crippen LogP contribution in [0.2, 0.25) is 0 Å². The lowest BCUT2D eigenvalue weighted by molar-refractivity contribution is -0.384. The van der Waals surface area contributed by atoms with Gasteiger partial charge in [-0.15, -0.1) is 0 Å². The molecule has 0 aliphatic rings. The fraction of sp³-hybridized carbons (Fsp3) is 0.538. The van der Waals surface area contributed by atoms with E-state index in [4.69, 9.17) is 9.05 Å². The van der Waals surface area contributed by atoms with Crippen LogP contribution in [0.4, 0.5) is 5.69 Å². The highest BCUT2D eigenvalue weighted by Gasteiger charge is 2.11. The minimum absolute atomic E-state index is 0.103. The van der Waals surface area contributed by atoms with Crippen LogP contribution in [0.15, 0.2) is 24.3 Å². The van der Waals surface area contributed by atoms with Gasteiger partial charge in [0.05, 0.1) is 18.1 Å². The molecule has 0 bridgehead atoms. The first-order valence-corrected chi connectivity index (χ1v) is 7.80. The topological polar surface area (TPSA) is 61.6 Å². The molecule has 108 valence electrons. The summed E-state index contributed by atoms with van der Waals surface area (Å²) in [6, 6.07) is 6.48. The second-order valence-electron chi connectivity index (χ2n) is 3.25. The Bertz CT molecular complexity index is 350. The van der Waals surface area contributed by atoms with Gasteiger partial charge < -0.3 is 9.05 Å². The summed E-state index contributed by atoms with van der Waals surface area (Å²) in [5, 5.41) is 10.5. The van der Waals surface area contributed by atoms with E-state index in [1.807, 2.05) is 27.7 Å². The molecule has 0 saturated carbocycles. The van der Waals surface area contributed by atoms with Crippen LogP contribution >= 0.6 is 8.38 Å². The average molecular weight is 287 g/mol. The van der Waals surface area contributed by atoms with Crippen LogP contribution in [-0.4, -0.2) is 18.1 Å². The van der Waals surface area contributed by atoms with Crippen molar-refractivity contribution in [2.45, 2.75) is 33.9 Å². The molecule has 1 rings (SSSR count). The van der Waals surface area contributed by atoms with Gasteiger partial charge >= 0.3 is 0 Å². The first-order valence-electron chi connectivity index (χ1n) is 6.44. The van der Waals surface area contributed by atoms with Crippen LogP contribution in [-0.2, 0) is 15.2 Å². The molecule has 0 unspecified atom stereocenters. The number of benzene rings is 1. The zero-order valence-electron chi connectivity index (χ0n) is 12.0. The van der Waals surface area contributed by atoms with Gasteiger partial charge in [0, 0.05) is 18.3 Å². The van der Waals surface area contributed by atoms with E-state index in [0.29, 0.717) is 19.4 Å². The molecule has 0 saturated heterocycles. The van der Waals surface area contributed by atoms with Gasteiger partial charge in [0.15, 0.2) is 8.38 Å². The molecular weight excluding hydrogens is 265 g/mol. The molecule has 0 spiro atoms. The smallest absolute Gasteiger partial charge is 0.269 e. The first-order chi connectivity index (χ1) is 9.17. The molecule has 0 fully saturated rings. The third-order valence-electron chi connectivity index (χ3n) is 2.01. The molecule has 0 heterocycles. The van der Waals surface area contributed by atoms with Gasteiger partial charge in [-0.05, 0) is 19.4 Å². The Labute approximate surface area is 116 Å². The highest BCUT2D eigenvalue weighted by Crippen LogP contribution is 2.41. The third-order valence-corrected chi connectivity index (χ3v) is 3.72. The van der Waals surface area contributed by atoms with E-state index in [-0.39, 0.29) is 5.69 Å². The Balaban J connectivity index is 0.00000154. The standard InChI is InChI=1S/C11H16NO4P.C2H6/c1-3-15-17(16-4-2)9-10-5-7-11(8-6-10)12(13)14;1-2/h5-8H,3-4,9H2,1-2H3;1-2H3. The normalized spacial score (nSPS) is 9.95. The quantitative estimate of drug-likeness (QED) is 0.420. The molecule has 1 aromatic rings. The van der Waals surface area contributed by atoms with E-state index in [1.54, 1.807) is 12.1 Å². The molecule has 19 heavy (non-hydrogen) atoms. The summed E-state index contributed by atoms with van der Waals surface area (Å²) < 4.78 is 10.9. The SMILES string of the molecule is CC.CCOP(Cc1ccc([N+](=O)[O-])cc1)OCC. The summed E-state index contributed by atoms with van der Waals surface area (Å²) >= 11 is 0. The van der Waals surface area contributed by atoms with Gasteiger partial charge in [0.1, 0.15) is 0 Å². The van der Waals surface area contributed by atoms with Gasteiger partial charge in [-0.3, -0.25) is 10.1 Å². The molecule has 0 aliphatic heterocycles. The van der Waals surface area contributed by atoms with Gasteiger partial charge in [-0.1, -0.05) is 26.0 Å². The van der Waals surface area contributed by atoms with Crippen LogP contribution in [0, 0.1) is 10.1 Å². The molecular formula is C13H22NO4P. The maximum Gasteiger partial charge on any atom is 0.269 e. The number of non-ortho nitro benzene ring substituents is 1. The van der Waals surface area contributed by atoms with Crippen LogP contribution in [0.5, 0.6) is 0 Å². The van der Waals surface area contributed by atoms with Crippen LogP contribution in [0.1, 0.15) is 33.3 Å². The number of nitrogens with zero attached hydrogens (tertiary/aromatic N) is 1. The third kappa shape index (κ3) is 7.21. The van der Waals surface area contributed by atoms with E-state index in [1.165, 1.54) is 12.1 Å². The molecule has 1 aromatic carbocycles. The second-order valence-corrected chi connectivity index (χ2v) is 4.75. The Morgan fingerprint density at radius 1 is 1.11 bits per heavy atom. The molecule has 0 aromatic heterocycles. The van der Waals surface area contributed by atoms with E-state index < -0.39 is 13.3 Å². The van der Waals surface area contributed by atoms with Gasteiger partial charge in [-0.25, -0.2) is 0 Å². The van der Waals surface area contributed by atoms with Crippen molar-refractivity contribution in [2.24, 2.45) is 0 Å². The van der Waals surface area contributed by atoms with Crippen molar-refractivity contribution in [3.63, 3.8) is 0 Å². The highest BCUT2D eigenvalue weighted by atomic mass is 31.2. The van der Waals surface area contributed by atoms with E-state index in [0.717, 1.165) is 5.56 Å². The summed E-state index contributed by atoms with van der Waals surface area (Å²) in [7, 11) is -0.932. The lowest BCUT2D eigenvalue weighted by atomic mass is 10.2. The Morgan fingerprint density at radius 3 is 1.95 bits per heavy atom. The van der Waals surface area contributed by atoms with Crippen LogP contribution in [0.3, 0.4) is 0 Å². The molecule has 5 nitrogen and oxygen atoms in total. The summed E-state index contributed by atoms with van der Waals surface area (Å²) in [6.07, 6.45) is 0.662. The Kier molecular flexibility index (Phi) is 10.3. The minimum atomic E-state index is -0.932. The van der Waals surface area contributed by atoms with Crippen molar-refractivity contribution in [3.8, 4) is 0 Å². The maximum absolute atomic E-state index is 10.5. The van der Waals surface area contributed by atoms with E-state index in [9.17, 15) is 10.1 Å². The van der Waals surface area contributed by atoms with E-state index >= 15 is 0 Å². The fourth-order valence-electron chi connectivity index (χ4n) is 1.29. The summed E-state index contributed by atoms with van der Waals surface area (Å²) in [5.41, 5.74) is 1.09. The van der Waals surface area contributed by atoms with Crippen LogP contribution in [0.25, 0.3) is 0 Å². The lowest BCUT2D eigenvalue weighted by Crippen LogP contribution is -1.94. The fourth-order valence-corrected chi connectivity index (χ4v) is 2.63. The number of nitro benzene ring substituents is 1. The van der Waals surface area contributed by atoms with Crippen LogP contribution < -0.4 is 0 Å². The number of hydrogen-bond acceptors (Lipinski definition) is 4. The molecule has 0 atom stereocenters. The molecule has 0 radical (unpaired) electrons. The zero-order chi connectivity index (χ0) is 14.7. The largest absolute Gasteiger partial charge is 0.334 e. The minimum Gasteiger partial charge on any atom is -0.334 e. The van der Waals surface area contributed by atoms with Crippen molar-refractivity contribution < 1.29 is 14.0 Å². The van der Waals surface area contributed by atoms with Gasteiger partial charge in [0.25, 0.3) is 5.69 Å². The molecule has 0 amide bonds. The first kappa shape index (κ1) is 18.0. The predicted octanol–water partition coefficient (Wildman–Crippen LogP) is 4.51. The predicted molar refractivity (Wildman–Crippen MR) is 78.3 cm³/mol. The van der Waals surface area contributed by atoms with Gasteiger partial charge in [0.2, 0.25) is 0 Å². The number of nitro groups is 1. The number of hydrogen-bond donors (Lipinski definition) is 0. The molecule has 6 heteroatoms. The summed E-state index contributed by atoms with van der Waals surface area (Å²) in [6.45, 7) is 9.06. The van der Waals surface area contributed by atoms with Crippen molar-refractivity contribution in [1.82, 2.24) is 0 Å². The summed E-state index contributed by atoms with van der Waals surface area (Å²) in [4.78, 5) is 10.1. The van der Waals surface area contributed by atoms with Crippen molar-refractivity contribution in [3.05, 3.63) is 39.9 Å². The maximum atomic E-state index is 10.5. The summed E-state index contributed by atoms with van der Waals surface area (Å²) in [5.74, 6) is 0. The zero-order valence-corrected chi connectivity index (χ0v) is 12.9. The highest BCUT2D eigenvalue weighted by molar-refractivity contribution is 7.46.